The lowest BCUT2D eigenvalue weighted by atomic mass is 10.2. The van der Waals surface area contributed by atoms with E-state index < -0.39 is 6.67 Å². The molecule has 1 aliphatic rings. The van der Waals surface area contributed by atoms with Crippen molar-refractivity contribution in [3.63, 3.8) is 0 Å². The van der Waals surface area contributed by atoms with Gasteiger partial charge < -0.3 is 14.6 Å². The van der Waals surface area contributed by atoms with E-state index in [0.717, 1.165) is 0 Å². The number of rotatable bonds is 1. The number of alkyl halides is 1. The van der Waals surface area contributed by atoms with E-state index in [4.69, 9.17) is 9.47 Å². The molecule has 0 radical (unpaired) electrons. The Morgan fingerprint density at radius 3 is 2.67 bits per heavy atom. The van der Waals surface area contributed by atoms with Crippen LogP contribution in [0, 0.1) is 0 Å². The first-order valence-corrected chi connectivity index (χ1v) is 3.48. The lowest BCUT2D eigenvalue weighted by molar-refractivity contribution is 0.174. The van der Waals surface area contributed by atoms with Crippen molar-refractivity contribution in [1.29, 1.82) is 0 Å². The number of fused-ring (bicyclic) bond motifs is 1. The van der Waals surface area contributed by atoms with E-state index >= 15 is 0 Å². The Hall–Kier alpha value is -1.45. The lowest BCUT2D eigenvalue weighted by Crippen LogP contribution is -1.92. The van der Waals surface area contributed by atoms with Gasteiger partial charge >= 0.3 is 0 Å². The third-order valence-electron chi connectivity index (χ3n) is 1.72. The summed E-state index contributed by atoms with van der Waals surface area (Å²) in [5.74, 6) is 0.854. The molecule has 0 saturated carbocycles. The number of hydrogen-bond acceptors (Lipinski definition) is 3. The monoisotopic (exact) mass is 170 g/mol. The van der Waals surface area contributed by atoms with Crippen LogP contribution in [0.1, 0.15) is 5.56 Å². The summed E-state index contributed by atoms with van der Waals surface area (Å²) in [4.78, 5) is 0. The van der Waals surface area contributed by atoms with Crippen molar-refractivity contribution in [2.75, 3.05) is 6.79 Å². The SMILES string of the molecule is Oc1cc2c(cc1CF)OCO2. The molecule has 0 aliphatic carbocycles. The summed E-state index contributed by atoms with van der Waals surface area (Å²) < 4.78 is 22.2. The highest BCUT2D eigenvalue weighted by Crippen LogP contribution is 2.37. The van der Waals surface area contributed by atoms with Gasteiger partial charge in [-0.1, -0.05) is 0 Å². The predicted octanol–water partition coefficient (Wildman–Crippen LogP) is 1.59. The number of halogens is 1. The first-order valence-electron chi connectivity index (χ1n) is 3.48. The zero-order valence-electron chi connectivity index (χ0n) is 6.21. The topological polar surface area (TPSA) is 38.7 Å². The molecule has 0 spiro atoms. The molecule has 0 unspecified atom stereocenters. The second-order valence-corrected chi connectivity index (χ2v) is 2.47. The first kappa shape index (κ1) is 7.21. The van der Waals surface area contributed by atoms with Crippen LogP contribution < -0.4 is 9.47 Å². The molecule has 64 valence electrons. The molecule has 0 saturated heterocycles. The Labute approximate surface area is 68.3 Å². The number of phenols is 1. The zero-order chi connectivity index (χ0) is 8.55. The van der Waals surface area contributed by atoms with E-state index in [1.807, 2.05) is 0 Å². The van der Waals surface area contributed by atoms with E-state index in [1.165, 1.54) is 12.1 Å². The predicted molar refractivity (Wildman–Crippen MR) is 39.0 cm³/mol. The minimum absolute atomic E-state index is 0.0956. The van der Waals surface area contributed by atoms with Crippen LogP contribution in [0.15, 0.2) is 12.1 Å². The molecule has 0 atom stereocenters. The fourth-order valence-electron chi connectivity index (χ4n) is 1.08. The maximum Gasteiger partial charge on any atom is 0.231 e. The molecular weight excluding hydrogens is 163 g/mol. The van der Waals surface area contributed by atoms with Crippen LogP contribution in [-0.2, 0) is 6.67 Å². The highest BCUT2D eigenvalue weighted by Gasteiger charge is 2.16. The van der Waals surface area contributed by atoms with Crippen molar-refractivity contribution in [2.45, 2.75) is 6.67 Å². The second-order valence-electron chi connectivity index (χ2n) is 2.47. The molecule has 2 rings (SSSR count). The van der Waals surface area contributed by atoms with Crippen molar-refractivity contribution in [3.8, 4) is 17.2 Å². The number of phenolic OH excluding ortho intramolecular Hbond substituents is 1. The molecule has 1 N–H and O–H groups in total. The zero-order valence-corrected chi connectivity index (χ0v) is 6.21. The average Bonchev–Trinajstić information content (AvgIpc) is 2.49. The average molecular weight is 170 g/mol. The van der Waals surface area contributed by atoms with E-state index in [0.29, 0.717) is 11.5 Å². The fourth-order valence-corrected chi connectivity index (χ4v) is 1.08. The van der Waals surface area contributed by atoms with Gasteiger partial charge in [-0.25, -0.2) is 4.39 Å². The maximum absolute atomic E-state index is 12.2. The normalized spacial score (nSPS) is 13.4. The smallest absolute Gasteiger partial charge is 0.231 e. The third-order valence-corrected chi connectivity index (χ3v) is 1.72. The summed E-state index contributed by atoms with van der Waals surface area (Å²) in [6, 6.07) is 2.80. The van der Waals surface area contributed by atoms with E-state index in [9.17, 15) is 9.50 Å². The largest absolute Gasteiger partial charge is 0.507 e. The van der Waals surface area contributed by atoms with E-state index in [1.54, 1.807) is 0 Å². The molecule has 12 heavy (non-hydrogen) atoms. The Morgan fingerprint density at radius 2 is 2.00 bits per heavy atom. The van der Waals surface area contributed by atoms with Crippen molar-refractivity contribution in [3.05, 3.63) is 17.7 Å². The second kappa shape index (κ2) is 2.55. The van der Waals surface area contributed by atoms with Crippen LogP contribution >= 0.6 is 0 Å². The minimum atomic E-state index is -0.706. The first-order chi connectivity index (χ1) is 5.81. The fraction of sp³-hybridized carbons (Fsp3) is 0.250. The molecule has 1 aromatic carbocycles. The Kier molecular flexibility index (Phi) is 1.53. The van der Waals surface area contributed by atoms with E-state index in [-0.39, 0.29) is 18.1 Å². The minimum Gasteiger partial charge on any atom is -0.507 e. The number of aromatic hydroxyl groups is 1. The Bertz CT molecular complexity index is 311. The quantitative estimate of drug-likeness (QED) is 0.695. The van der Waals surface area contributed by atoms with Crippen LogP contribution in [-0.4, -0.2) is 11.9 Å². The van der Waals surface area contributed by atoms with Gasteiger partial charge in [-0.3, -0.25) is 0 Å². The van der Waals surface area contributed by atoms with Crippen LogP contribution in [0.4, 0.5) is 4.39 Å². The summed E-state index contributed by atoms with van der Waals surface area (Å²) in [5.41, 5.74) is 0.222. The van der Waals surface area contributed by atoms with Crippen LogP contribution in [0.25, 0.3) is 0 Å². The molecule has 0 fully saturated rings. The summed E-state index contributed by atoms with van der Waals surface area (Å²) in [6.07, 6.45) is 0. The molecule has 4 heteroatoms. The maximum atomic E-state index is 12.2. The molecule has 1 aliphatic heterocycles. The van der Waals surface area contributed by atoms with Gasteiger partial charge in [0.25, 0.3) is 0 Å². The van der Waals surface area contributed by atoms with Gasteiger partial charge in [-0.2, -0.15) is 0 Å². The Balaban J connectivity index is 2.49. The lowest BCUT2D eigenvalue weighted by Gasteiger charge is -2.01. The van der Waals surface area contributed by atoms with E-state index in [2.05, 4.69) is 0 Å². The molecule has 3 nitrogen and oxygen atoms in total. The Morgan fingerprint density at radius 1 is 1.33 bits per heavy atom. The molecule has 1 aromatic rings. The molecule has 0 amide bonds. The number of hydrogen-bond donors (Lipinski definition) is 1. The van der Waals surface area contributed by atoms with Crippen LogP contribution in [0.5, 0.6) is 17.2 Å². The molecule has 0 aromatic heterocycles. The summed E-state index contributed by atoms with van der Waals surface area (Å²) in [5, 5.41) is 9.20. The summed E-state index contributed by atoms with van der Waals surface area (Å²) in [6.45, 7) is -0.576. The summed E-state index contributed by atoms with van der Waals surface area (Å²) in [7, 11) is 0. The van der Waals surface area contributed by atoms with Crippen LogP contribution in [0.3, 0.4) is 0 Å². The van der Waals surface area contributed by atoms with Crippen molar-refractivity contribution in [2.24, 2.45) is 0 Å². The van der Waals surface area contributed by atoms with Crippen molar-refractivity contribution in [1.82, 2.24) is 0 Å². The summed E-state index contributed by atoms with van der Waals surface area (Å²) >= 11 is 0. The standard InChI is InChI=1S/C8H7FO3/c9-3-5-1-7-8(2-6(5)10)12-4-11-7/h1-2,10H,3-4H2. The van der Waals surface area contributed by atoms with Gasteiger partial charge in [0, 0.05) is 11.6 Å². The van der Waals surface area contributed by atoms with Gasteiger partial charge in [-0.15, -0.1) is 0 Å². The highest BCUT2D eigenvalue weighted by molar-refractivity contribution is 5.50. The van der Waals surface area contributed by atoms with Gasteiger partial charge in [0.05, 0.1) is 0 Å². The highest BCUT2D eigenvalue weighted by atomic mass is 19.1. The van der Waals surface area contributed by atoms with Crippen molar-refractivity contribution < 1.29 is 19.0 Å². The molecular formula is C8H7FO3. The number of benzene rings is 1. The van der Waals surface area contributed by atoms with Gasteiger partial charge in [0.15, 0.2) is 11.5 Å². The van der Waals surface area contributed by atoms with Crippen LogP contribution in [0.2, 0.25) is 0 Å². The third kappa shape index (κ3) is 0.958. The molecule has 0 bridgehead atoms. The van der Waals surface area contributed by atoms with Crippen molar-refractivity contribution >= 4 is 0 Å². The molecule has 1 heterocycles. The van der Waals surface area contributed by atoms with Gasteiger partial charge in [-0.05, 0) is 6.07 Å². The number of ether oxygens (including phenoxy) is 2. The van der Waals surface area contributed by atoms with Gasteiger partial charge in [0.2, 0.25) is 6.79 Å². The van der Waals surface area contributed by atoms with Gasteiger partial charge in [0.1, 0.15) is 12.4 Å².